The number of nitrogens with zero attached hydrogens (tertiary/aromatic N) is 1. The SMILES string of the molecule is C=CCOC(=O)O[C@H](C)[C@H]1C(=O)N(C(C(=O)OCC=C)=P(c2ccccc2)(c2ccccc2)c2ccccc2)[C@@H]1CC(=O)c1cccc(C(N)=O)c1. The zero-order valence-corrected chi connectivity index (χ0v) is 29.5. The van der Waals surface area contributed by atoms with Gasteiger partial charge in [-0.05, 0) is 35.0 Å². The van der Waals surface area contributed by atoms with Crippen LogP contribution in [-0.2, 0) is 23.8 Å². The van der Waals surface area contributed by atoms with Crippen molar-refractivity contribution >= 4 is 57.9 Å². The number of carbonyl (C=O) groups excluding carboxylic acids is 5. The Morgan fingerprint density at radius 2 is 1.27 bits per heavy atom. The van der Waals surface area contributed by atoms with E-state index in [1.165, 1.54) is 42.2 Å². The fraction of sp³-hybridized carbons (Fsp3) is 0.171. The molecule has 1 aliphatic heterocycles. The lowest BCUT2D eigenvalue weighted by atomic mass is 9.79. The van der Waals surface area contributed by atoms with Gasteiger partial charge in [-0.2, -0.15) is 0 Å². The molecule has 10 nitrogen and oxygen atoms in total. The van der Waals surface area contributed by atoms with Crippen LogP contribution < -0.4 is 21.6 Å². The van der Waals surface area contributed by atoms with Crippen molar-refractivity contribution in [2.75, 3.05) is 13.2 Å². The van der Waals surface area contributed by atoms with E-state index in [-0.39, 0.29) is 36.2 Å². The molecule has 1 fully saturated rings. The van der Waals surface area contributed by atoms with Gasteiger partial charge in [0.2, 0.25) is 11.8 Å². The largest absolute Gasteiger partial charge is 0.508 e. The number of Topliss-reactive ketones (excluding diaryl/α,β-unsaturated/α-hetero) is 1. The fourth-order valence-electron chi connectivity index (χ4n) is 6.47. The molecule has 1 saturated heterocycles. The van der Waals surface area contributed by atoms with Crippen molar-refractivity contribution in [3.8, 4) is 0 Å². The van der Waals surface area contributed by atoms with Gasteiger partial charge in [-0.1, -0.05) is 128 Å². The maximum absolute atomic E-state index is 14.7. The Balaban J connectivity index is 1.81. The Morgan fingerprint density at radius 1 is 0.769 bits per heavy atom. The van der Waals surface area contributed by atoms with Gasteiger partial charge in [0.25, 0.3) is 0 Å². The number of carbonyl (C=O) groups is 5. The van der Waals surface area contributed by atoms with Crippen LogP contribution in [0.25, 0.3) is 0 Å². The van der Waals surface area contributed by atoms with E-state index in [9.17, 15) is 24.0 Å². The third-order valence-corrected chi connectivity index (χ3v) is 13.0. The van der Waals surface area contributed by atoms with E-state index in [1.807, 2.05) is 91.0 Å². The van der Waals surface area contributed by atoms with Gasteiger partial charge in [0.15, 0.2) is 5.78 Å². The van der Waals surface area contributed by atoms with Gasteiger partial charge in [0.1, 0.15) is 24.7 Å². The Hall–Kier alpha value is -5.99. The molecule has 4 aromatic carbocycles. The lowest BCUT2D eigenvalue weighted by molar-refractivity contribution is -0.158. The molecule has 0 aliphatic carbocycles. The number of benzene rings is 4. The molecule has 4 aromatic rings. The minimum Gasteiger partial charge on any atom is -0.457 e. The van der Waals surface area contributed by atoms with Crippen molar-refractivity contribution in [1.82, 2.24) is 4.90 Å². The summed E-state index contributed by atoms with van der Waals surface area (Å²) >= 11 is 0. The van der Waals surface area contributed by atoms with Crippen LogP contribution in [0.15, 0.2) is 141 Å². The summed E-state index contributed by atoms with van der Waals surface area (Å²) in [5.41, 5.74) is 5.86. The summed E-state index contributed by atoms with van der Waals surface area (Å²) < 4.78 is 16.4. The number of hydrogen-bond donors (Lipinski definition) is 1. The lowest BCUT2D eigenvalue weighted by Gasteiger charge is -2.51. The monoisotopic (exact) mass is 718 g/mol. The maximum Gasteiger partial charge on any atom is 0.508 e. The number of esters is 1. The minimum atomic E-state index is -3.29. The minimum absolute atomic E-state index is 0.0457. The Kier molecular flexibility index (Phi) is 12.0. The van der Waals surface area contributed by atoms with E-state index in [2.05, 4.69) is 13.2 Å². The Labute approximate surface area is 302 Å². The van der Waals surface area contributed by atoms with Crippen LogP contribution in [-0.4, -0.2) is 65.4 Å². The topological polar surface area (TPSA) is 142 Å². The molecule has 0 unspecified atom stereocenters. The van der Waals surface area contributed by atoms with Crippen molar-refractivity contribution in [3.05, 3.63) is 152 Å². The van der Waals surface area contributed by atoms with Crippen molar-refractivity contribution in [2.45, 2.75) is 25.5 Å². The highest BCUT2D eigenvalue weighted by molar-refractivity contribution is 7.96. The summed E-state index contributed by atoms with van der Waals surface area (Å²) in [6.07, 6.45) is 0.415. The number of ether oxygens (including phenoxy) is 3. The molecule has 3 atom stereocenters. The summed E-state index contributed by atoms with van der Waals surface area (Å²) in [6.45, 7) is 5.22. The highest BCUT2D eigenvalue weighted by Gasteiger charge is 2.57. The molecule has 0 radical (unpaired) electrons. The average Bonchev–Trinajstić information content (AvgIpc) is 3.17. The van der Waals surface area contributed by atoms with Crippen LogP contribution in [0, 0.1) is 5.92 Å². The van der Waals surface area contributed by atoms with Gasteiger partial charge in [0.05, 0.1) is 12.0 Å². The molecule has 2 amide bonds. The number of primary amides is 1. The van der Waals surface area contributed by atoms with Crippen LogP contribution in [0.4, 0.5) is 4.79 Å². The molecule has 1 aliphatic rings. The zero-order valence-electron chi connectivity index (χ0n) is 28.6. The second-order valence-electron chi connectivity index (χ2n) is 11.9. The molecule has 1 heterocycles. The molecule has 2 N–H and O–H groups in total. The Morgan fingerprint density at radius 3 is 1.77 bits per heavy atom. The summed E-state index contributed by atoms with van der Waals surface area (Å²) in [5.74, 6) is -3.53. The zero-order chi connectivity index (χ0) is 37.3. The quantitative estimate of drug-likeness (QED) is 0.0610. The van der Waals surface area contributed by atoms with Gasteiger partial charge >= 0.3 is 12.1 Å². The van der Waals surface area contributed by atoms with Crippen molar-refractivity contribution in [1.29, 1.82) is 0 Å². The van der Waals surface area contributed by atoms with Gasteiger partial charge in [0, 0.05) is 24.4 Å². The number of nitrogens with two attached hydrogens (primary N) is 1. The molecule has 11 heteroatoms. The molecule has 0 aromatic heterocycles. The van der Waals surface area contributed by atoms with Gasteiger partial charge < -0.3 is 24.8 Å². The van der Waals surface area contributed by atoms with Crippen LogP contribution in [0.2, 0.25) is 0 Å². The average molecular weight is 719 g/mol. The summed E-state index contributed by atoms with van der Waals surface area (Å²) in [5, 5.41) is 2.27. The first kappa shape index (κ1) is 37.3. The van der Waals surface area contributed by atoms with Crippen LogP contribution in [0.3, 0.4) is 0 Å². The highest BCUT2D eigenvalue weighted by Crippen LogP contribution is 2.50. The van der Waals surface area contributed by atoms with Gasteiger partial charge in [-0.3, -0.25) is 14.4 Å². The molecule has 5 rings (SSSR count). The van der Waals surface area contributed by atoms with E-state index in [0.29, 0.717) is 0 Å². The number of ketones is 1. The maximum atomic E-state index is 14.7. The number of likely N-dealkylation sites (tertiary alicyclic amines) is 1. The first-order valence-electron chi connectivity index (χ1n) is 16.6. The predicted octanol–water partition coefficient (Wildman–Crippen LogP) is 4.77. The van der Waals surface area contributed by atoms with Gasteiger partial charge in [-0.25, -0.2) is 9.59 Å². The van der Waals surface area contributed by atoms with E-state index in [1.54, 1.807) is 6.07 Å². The standard InChI is InChI=1S/C41H39N2O8P/c1-4-24-49-40(47)39(52(31-18-9-6-10-19-31,32-20-11-7-12-21-32)33-22-13-8-14-23-33)43-34(27-35(44)29-16-15-17-30(26-29)37(42)45)36(38(43)46)28(3)51-41(48)50-25-5-2/h4-23,26,28,34,36H,1-2,24-25,27H2,3H3,(H2,42,45)/t28-,34-,36-/m1/s1. The first-order chi connectivity index (χ1) is 25.1. The Bertz CT molecular complexity index is 1930. The highest BCUT2D eigenvalue weighted by atomic mass is 31.2. The van der Waals surface area contributed by atoms with E-state index < -0.39 is 54.7 Å². The summed E-state index contributed by atoms with van der Waals surface area (Å²) in [6, 6.07) is 33.2. The molecule has 52 heavy (non-hydrogen) atoms. The first-order valence-corrected chi connectivity index (χ1v) is 18.4. The van der Waals surface area contributed by atoms with Crippen LogP contribution in [0.5, 0.6) is 0 Å². The number of amides is 2. The predicted molar refractivity (Wildman–Crippen MR) is 201 cm³/mol. The third kappa shape index (κ3) is 7.53. The second-order valence-corrected chi connectivity index (χ2v) is 15.2. The van der Waals surface area contributed by atoms with Crippen molar-refractivity contribution < 1.29 is 38.2 Å². The number of rotatable bonds is 15. The molecule has 266 valence electrons. The van der Waals surface area contributed by atoms with Crippen molar-refractivity contribution in [2.24, 2.45) is 11.7 Å². The van der Waals surface area contributed by atoms with Gasteiger partial charge in [-0.15, -0.1) is 0 Å². The molecular weight excluding hydrogens is 679 g/mol. The normalized spacial score (nSPS) is 15.7. The van der Waals surface area contributed by atoms with E-state index in [4.69, 9.17) is 19.9 Å². The third-order valence-electron chi connectivity index (χ3n) is 8.73. The van der Waals surface area contributed by atoms with Crippen LogP contribution >= 0.6 is 6.89 Å². The number of β-lactam (4-membered cyclic amide) rings is 1. The smallest absolute Gasteiger partial charge is 0.457 e. The van der Waals surface area contributed by atoms with E-state index in [0.717, 1.165) is 15.9 Å². The summed E-state index contributed by atoms with van der Waals surface area (Å²) in [7, 11) is 0. The van der Waals surface area contributed by atoms with Crippen LogP contribution in [0.1, 0.15) is 34.1 Å². The number of hydrogen-bond acceptors (Lipinski definition) is 8. The molecule has 0 spiro atoms. The molecule has 0 bridgehead atoms. The second kappa shape index (κ2) is 16.8. The molecular formula is C41H39N2O8P. The molecule has 0 saturated carbocycles. The fourth-order valence-corrected chi connectivity index (χ4v) is 10.9. The van der Waals surface area contributed by atoms with E-state index >= 15 is 0 Å². The van der Waals surface area contributed by atoms with Crippen molar-refractivity contribution in [3.63, 3.8) is 0 Å². The lowest BCUT2D eigenvalue weighted by Crippen LogP contribution is -2.69. The summed E-state index contributed by atoms with van der Waals surface area (Å²) in [4.78, 5) is 69.4.